The number of rotatable bonds is 8. The van der Waals surface area contributed by atoms with Crippen LogP contribution in [0.15, 0.2) is 77.7 Å². The number of halogens is 2. The van der Waals surface area contributed by atoms with Crippen LogP contribution < -0.4 is 5.32 Å². The lowest BCUT2D eigenvalue weighted by atomic mass is 10.1. The fourth-order valence-corrected chi connectivity index (χ4v) is 4.38. The van der Waals surface area contributed by atoms with Gasteiger partial charge in [0.15, 0.2) is 0 Å². The second-order valence-electron chi connectivity index (χ2n) is 7.06. The number of hydrogen-bond donors (Lipinski definition) is 1. The molecule has 0 aliphatic rings. The fraction of sp³-hybridized carbons (Fsp3) is 0.174. The van der Waals surface area contributed by atoms with Crippen molar-refractivity contribution in [3.8, 4) is 0 Å². The lowest BCUT2D eigenvalue weighted by molar-refractivity contribution is -0.116. The van der Waals surface area contributed by atoms with E-state index in [0.717, 1.165) is 27.6 Å². The van der Waals surface area contributed by atoms with Gasteiger partial charge in [-0.1, -0.05) is 48.0 Å². The molecule has 1 amide bonds. The summed E-state index contributed by atoms with van der Waals surface area (Å²) in [4.78, 5) is 12.6. The third kappa shape index (κ3) is 5.96. The van der Waals surface area contributed by atoms with Crippen LogP contribution in [0.2, 0.25) is 0 Å². The largest absolute Gasteiger partial charge is 0.322 e. The van der Waals surface area contributed by atoms with Crippen molar-refractivity contribution in [3.05, 3.63) is 95.6 Å². The summed E-state index contributed by atoms with van der Waals surface area (Å²) in [7, 11) is -3.97. The Morgan fingerprint density at radius 3 is 2.29 bits per heavy atom. The molecule has 3 aromatic rings. The molecule has 0 bridgehead atoms. The van der Waals surface area contributed by atoms with Crippen LogP contribution in [0.1, 0.15) is 11.1 Å². The zero-order chi connectivity index (χ0) is 22.4. The first-order valence-electron chi connectivity index (χ1n) is 9.61. The maximum absolute atomic E-state index is 13.9. The SMILES string of the molecule is Cc1ccc(S(=O)(=O)N(CCc2ccccc2)CC(=O)Nc2ccc(F)cc2F)cc1. The van der Waals surface area contributed by atoms with Crippen LogP contribution in [0.25, 0.3) is 0 Å². The summed E-state index contributed by atoms with van der Waals surface area (Å²) in [6.07, 6.45) is 0.393. The van der Waals surface area contributed by atoms with Crippen LogP contribution in [-0.4, -0.2) is 31.7 Å². The van der Waals surface area contributed by atoms with Gasteiger partial charge in [0.25, 0.3) is 0 Å². The molecule has 31 heavy (non-hydrogen) atoms. The van der Waals surface area contributed by atoms with Gasteiger partial charge in [0.2, 0.25) is 15.9 Å². The Balaban J connectivity index is 1.82. The zero-order valence-electron chi connectivity index (χ0n) is 16.9. The van der Waals surface area contributed by atoms with Crippen LogP contribution in [0.5, 0.6) is 0 Å². The molecule has 1 N–H and O–H groups in total. The predicted molar refractivity (Wildman–Crippen MR) is 115 cm³/mol. The molecule has 0 atom stereocenters. The summed E-state index contributed by atoms with van der Waals surface area (Å²) in [5.41, 5.74) is 1.60. The molecule has 3 aromatic carbocycles. The van der Waals surface area contributed by atoms with Gasteiger partial charge in [-0.3, -0.25) is 4.79 Å². The molecule has 0 aliphatic carbocycles. The van der Waals surface area contributed by atoms with Gasteiger partial charge in [0.05, 0.1) is 17.1 Å². The number of sulfonamides is 1. The Labute approximate surface area is 180 Å². The molecule has 3 rings (SSSR count). The molecule has 0 heterocycles. The van der Waals surface area contributed by atoms with Gasteiger partial charge in [-0.25, -0.2) is 17.2 Å². The highest BCUT2D eigenvalue weighted by Gasteiger charge is 2.26. The number of anilines is 1. The van der Waals surface area contributed by atoms with E-state index in [1.807, 2.05) is 37.3 Å². The Morgan fingerprint density at radius 2 is 1.65 bits per heavy atom. The third-order valence-corrected chi connectivity index (χ3v) is 6.54. The third-order valence-electron chi connectivity index (χ3n) is 4.68. The van der Waals surface area contributed by atoms with E-state index in [1.54, 1.807) is 12.1 Å². The standard InChI is InChI=1S/C23H22F2N2O3S/c1-17-7-10-20(11-8-17)31(29,30)27(14-13-18-5-3-2-4-6-18)16-23(28)26-22-12-9-19(24)15-21(22)25/h2-12,15H,13-14,16H2,1H3,(H,26,28). The second-order valence-corrected chi connectivity index (χ2v) is 9.00. The van der Waals surface area contributed by atoms with Crippen molar-refractivity contribution in [2.75, 3.05) is 18.4 Å². The summed E-state index contributed by atoms with van der Waals surface area (Å²) in [5.74, 6) is -2.44. The zero-order valence-corrected chi connectivity index (χ0v) is 17.7. The maximum atomic E-state index is 13.9. The number of carbonyl (C=O) groups excluding carboxylic acids is 1. The molecular formula is C23H22F2N2O3S. The van der Waals surface area contributed by atoms with Crippen LogP contribution in [0.4, 0.5) is 14.5 Å². The van der Waals surface area contributed by atoms with Crippen molar-refractivity contribution in [1.29, 1.82) is 0 Å². The fourth-order valence-electron chi connectivity index (χ4n) is 2.98. The van der Waals surface area contributed by atoms with Crippen molar-refractivity contribution >= 4 is 21.6 Å². The van der Waals surface area contributed by atoms with Gasteiger partial charge >= 0.3 is 0 Å². The minimum Gasteiger partial charge on any atom is -0.322 e. The smallest absolute Gasteiger partial charge is 0.243 e. The lowest BCUT2D eigenvalue weighted by Crippen LogP contribution is -2.39. The number of benzene rings is 3. The van der Waals surface area contributed by atoms with Crippen molar-refractivity contribution in [2.24, 2.45) is 0 Å². The van der Waals surface area contributed by atoms with E-state index in [9.17, 15) is 22.0 Å². The maximum Gasteiger partial charge on any atom is 0.243 e. The topological polar surface area (TPSA) is 66.5 Å². The monoisotopic (exact) mass is 444 g/mol. The van der Waals surface area contributed by atoms with Crippen LogP contribution in [0.3, 0.4) is 0 Å². The number of nitrogens with zero attached hydrogens (tertiary/aromatic N) is 1. The van der Waals surface area contributed by atoms with Crippen LogP contribution in [0, 0.1) is 18.6 Å². The summed E-state index contributed by atoms with van der Waals surface area (Å²) < 4.78 is 54.4. The van der Waals surface area contributed by atoms with Gasteiger partial charge < -0.3 is 5.32 Å². The lowest BCUT2D eigenvalue weighted by Gasteiger charge is -2.22. The van der Waals surface area contributed by atoms with Gasteiger partial charge in [-0.2, -0.15) is 4.31 Å². The molecule has 0 radical (unpaired) electrons. The molecule has 162 valence electrons. The van der Waals surface area contributed by atoms with Gasteiger partial charge in [-0.05, 0) is 43.2 Å². The first-order chi connectivity index (χ1) is 14.8. The summed E-state index contributed by atoms with van der Waals surface area (Å²) in [6, 6.07) is 18.3. The summed E-state index contributed by atoms with van der Waals surface area (Å²) >= 11 is 0. The van der Waals surface area contributed by atoms with Crippen molar-refractivity contribution in [3.63, 3.8) is 0 Å². The number of hydrogen-bond acceptors (Lipinski definition) is 3. The predicted octanol–water partition coefficient (Wildman–Crippen LogP) is 4.15. The molecule has 0 aliphatic heterocycles. The molecule has 0 saturated heterocycles. The van der Waals surface area contributed by atoms with Gasteiger partial charge in [0, 0.05) is 12.6 Å². The minimum atomic E-state index is -3.97. The molecule has 8 heteroatoms. The van der Waals surface area contributed by atoms with Crippen LogP contribution in [-0.2, 0) is 21.2 Å². The van der Waals surface area contributed by atoms with E-state index in [4.69, 9.17) is 0 Å². The first-order valence-corrected chi connectivity index (χ1v) is 11.1. The summed E-state index contributed by atoms with van der Waals surface area (Å²) in [5, 5.41) is 2.31. The molecule has 0 saturated carbocycles. The Kier molecular flexibility index (Phi) is 7.14. The average Bonchev–Trinajstić information content (AvgIpc) is 2.74. The van der Waals surface area contributed by atoms with E-state index < -0.39 is 34.1 Å². The van der Waals surface area contributed by atoms with Crippen LogP contribution >= 0.6 is 0 Å². The molecule has 0 unspecified atom stereocenters. The number of amides is 1. The number of nitrogens with one attached hydrogen (secondary N) is 1. The molecule has 5 nitrogen and oxygen atoms in total. The molecule has 0 spiro atoms. The van der Waals surface area contributed by atoms with E-state index in [1.165, 1.54) is 12.1 Å². The highest BCUT2D eigenvalue weighted by Crippen LogP contribution is 2.19. The first kappa shape index (κ1) is 22.6. The number of aryl methyl sites for hydroxylation is 1. The molecule has 0 fully saturated rings. The Bertz CT molecular complexity index is 1150. The Hall–Kier alpha value is -3.10. The molecule has 0 aromatic heterocycles. The van der Waals surface area contributed by atoms with Crippen molar-refractivity contribution < 1.29 is 22.0 Å². The highest BCUT2D eigenvalue weighted by atomic mass is 32.2. The van der Waals surface area contributed by atoms with E-state index in [0.29, 0.717) is 12.5 Å². The number of carbonyl (C=O) groups is 1. The van der Waals surface area contributed by atoms with Gasteiger partial charge in [0.1, 0.15) is 11.6 Å². The quantitative estimate of drug-likeness (QED) is 0.568. The average molecular weight is 445 g/mol. The minimum absolute atomic E-state index is 0.0551. The normalized spacial score (nSPS) is 11.5. The highest BCUT2D eigenvalue weighted by molar-refractivity contribution is 7.89. The summed E-state index contributed by atoms with van der Waals surface area (Å²) in [6.45, 7) is 1.38. The molecular weight excluding hydrogens is 422 g/mol. The van der Waals surface area contributed by atoms with E-state index >= 15 is 0 Å². The Morgan fingerprint density at radius 1 is 0.968 bits per heavy atom. The van der Waals surface area contributed by atoms with E-state index in [-0.39, 0.29) is 17.1 Å². The van der Waals surface area contributed by atoms with Gasteiger partial charge in [-0.15, -0.1) is 0 Å². The van der Waals surface area contributed by atoms with Crippen molar-refractivity contribution in [2.45, 2.75) is 18.2 Å². The van der Waals surface area contributed by atoms with Crippen molar-refractivity contribution in [1.82, 2.24) is 4.31 Å². The second kappa shape index (κ2) is 9.80. The van der Waals surface area contributed by atoms with E-state index in [2.05, 4.69) is 5.32 Å².